The first-order chi connectivity index (χ1) is 12.0. The van der Waals surface area contributed by atoms with Crippen LogP contribution in [0, 0.1) is 6.92 Å². The number of carbonyl (C=O) groups excluding carboxylic acids is 1. The van der Waals surface area contributed by atoms with Gasteiger partial charge in [-0.2, -0.15) is 0 Å². The lowest BCUT2D eigenvalue weighted by Gasteiger charge is -2.23. The Hall–Kier alpha value is -2.40. The zero-order valence-electron chi connectivity index (χ0n) is 14.9. The standard InChI is InChI=1S/C20H22N2O2S/c1-13-9-10-17(24-4)15(11-13)12-19(23)22(3)14(2)20-21-16-7-5-6-8-18(16)25-20/h5-11,14H,12H2,1-4H3/t14-/m1/s1. The van der Waals surface area contributed by atoms with E-state index in [1.54, 1.807) is 23.3 Å². The van der Waals surface area contributed by atoms with Crippen LogP contribution in [0.4, 0.5) is 0 Å². The number of hydrogen-bond acceptors (Lipinski definition) is 4. The van der Waals surface area contributed by atoms with E-state index >= 15 is 0 Å². The lowest BCUT2D eigenvalue weighted by molar-refractivity contribution is -0.131. The maximum Gasteiger partial charge on any atom is 0.227 e. The Morgan fingerprint density at radius 2 is 2.04 bits per heavy atom. The Bertz CT molecular complexity index is 871. The van der Waals surface area contributed by atoms with Gasteiger partial charge >= 0.3 is 0 Å². The van der Waals surface area contributed by atoms with Gasteiger partial charge < -0.3 is 9.64 Å². The third-order valence-corrected chi connectivity index (χ3v) is 5.63. The van der Waals surface area contributed by atoms with Crippen molar-refractivity contribution in [1.82, 2.24) is 9.88 Å². The van der Waals surface area contributed by atoms with E-state index in [1.165, 1.54) is 0 Å². The molecule has 0 bridgehead atoms. The smallest absolute Gasteiger partial charge is 0.227 e. The summed E-state index contributed by atoms with van der Waals surface area (Å²) in [5.41, 5.74) is 3.01. The third kappa shape index (κ3) is 3.66. The lowest BCUT2D eigenvalue weighted by atomic mass is 10.1. The van der Waals surface area contributed by atoms with Crippen molar-refractivity contribution in [2.45, 2.75) is 26.3 Å². The minimum Gasteiger partial charge on any atom is -0.496 e. The van der Waals surface area contributed by atoms with Gasteiger partial charge in [0.15, 0.2) is 0 Å². The molecule has 0 aliphatic rings. The molecule has 0 radical (unpaired) electrons. The number of fused-ring (bicyclic) bond motifs is 1. The summed E-state index contributed by atoms with van der Waals surface area (Å²) in [6, 6.07) is 13.9. The number of rotatable bonds is 5. The predicted molar refractivity (Wildman–Crippen MR) is 102 cm³/mol. The number of methoxy groups -OCH3 is 1. The Kier molecular flexibility index (Phi) is 5.04. The normalized spacial score (nSPS) is 12.2. The maximum absolute atomic E-state index is 12.8. The summed E-state index contributed by atoms with van der Waals surface area (Å²) in [4.78, 5) is 19.2. The van der Waals surface area contributed by atoms with E-state index in [-0.39, 0.29) is 11.9 Å². The number of ether oxygens (including phenoxy) is 1. The average molecular weight is 354 g/mol. The van der Waals surface area contributed by atoms with E-state index in [0.717, 1.165) is 32.1 Å². The SMILES string of the molecule is COc1ccc(C)cc1CC(=O)N(C)[C@H](C)c1nc2ccccc2s1. The van der Waals surface area contributed by atoms with Crippen LogP contribution in [0.5, 0.6) is 5.75 Å². The van der Waals surface area contributed by atoms with Crippen LogP contribution < -0.4 is 4.74 Å². The monoisotopic (exact) mass is 354 g/mol. The number of amides is 1. The van der Waals surface area contributed by atoms with Gasteiger partial charge in [0.25, 0.3) is 0 Å². The number of para-hydroxylation sites is 1. The number of carbonyl (C=O) groups is 1. The molecule has 0 saturated heterocycles. The molecule has 1 atom stereocenters. The van der Waals surface area contributed by atoms with Crippen LogP contribution in [0.2, 0.25) is 0 Å². The second-order valence-electron chi connectivity index (χ2n) is 6.19. The van der Waals surface area contributed by atoms with E-state index in [1.807, 2.05) is 57.3 Å². The third-order valence-electron chi connectivity index (χ3n) is 4.42. The Morgan fingerprint density at radius 3 is 2.76 bits per heavy atom. The molecule has 2 aromatic carbocycles. The van der Waals surface area contributed by atoms with Crippen molar-refractivity contribution >= 4 is 27.5 Å². The van der Waals surface area contributed by atoms with Gasteiger partial charge in [-0.15, -0.1) is 11.3 Å². The Balaban J connectivity index is 1.78. The molecule has 5 heteroatoms. The molecule has 0 aliphatic heterocycles. The highest BCUT2D eigenvalue weighted by Gasteiger charge is 2.21. The van der Waals surface area contributed by atoms with Crippen molar-refractivity contribution in [2.24, 2.45) is 0 Å². The summed E-state index contributed by atoms with van der Waals surface area (Å²) in [5, 5.41) is 0.952. The van der Waals surface area contributed by atoms with Gasteiger partial charge in [0.1, 0.15) is 10.8 Å². The van der Waals surface area contributed by atoms with Crippen LogP contribution >= 0.6 is 11.3 Å². The maximum atomic E-state index is 12.8. The number of benzene rings is 2. The topological polar surface area (TPSA) is 42.4 Å². The molecule has 1 aromatic heterocycles. The molecule has 0 aliphatic carbocycles. The van der Waals surface area contributed by atoms with Crippen molar-refractivity contribution in [3.63, 3.8) is 0 Å². The largest absolute Gasteiger partial charge is 0.496 e. The van der Waals surface area contributed by atoms with Crippen molar-refractivity contribution in [3.05, 3.63) is 58.6 Å². The van der Waals surface area contributed by atoms with E-state index in [4.69, 9.17) is 4.74 Å². The molecule has 3 rings (SSSR count). The van der Waals surface area contributed by atoms with Gasteiger partial charge in [-0.1, -0.05) is 29.8 Å². The van der Waals surface area contributed by atoms with Gasteiger partial charge in [-0.3, -0.25) is 4.79 Å². The zero-order chi connectivity index (χ0) is 18.0. The van der Waals surface area contributed by atoms with Gasteiger partial charge in [-0.05, 0) is 32.0 Å². The summed E-state index contributed by atoms with van der Waals surface area (Å²) >= 11 is 1.64. The minimum atomic E-state index is -0.0688. The van der Waals surface area contributed by atoms with Crippen LogP contribution in [0.15, 0.2) is 42.5 Å². The van der Waals surface area contributed by atoms with Crippen molar-refractivity contribution < 1.29 is 9.53 Å². The highest BCUT2D eigenvalue weighted by Crippen LogP contribution is 2.29. The van der Waals surface area contributed by atoms with E-state index in [0.29, 0.717) is 6.42 Å². The molecule has 130 valence electrons. The molecular formula is C20H22N2O2S. The minimum absolute atomic E-state index is 0.0515. The lowest BCUT2D eigenvalue weighted by Crippen LogP contribution is -2.31. The Labute approximate surface area is 152 Å². The first-order valence-corrected chi connectivity index (χ1v) is 9.06. The first-order valence-electron chi connectivity index (χ1n) is 8.24. The molecule has 0 N–H and O–H groups in total. The van der Waals surface area contributed by atoms with E-state index in [9.17, 15) is 4.79 Å². The number of likely N-dealkylation sites (N-methyl/N-ethyl adjacent to an activating group) is 1. The fourth-order valence-corrected chi connectivity index (χ4v) is 3.85. The molecule has 0 unspecified atom stereocenters. The van der Waals surface area contributed by atoms with Crippen LogP contribution in [-0.2, 0) is 11.2 Å². The number of hydrogen-bond donors (Lipinski definition) is 0. The molecule has 1 amide bonds. The van der Waals surface area contributed by atoms with Gasteiger partial charge in [0.05, 0.1) is 29.8 Å². The first kappa shape index (κ1) is 17.4. The fraction of sp³-hybridized carbons (Fsp3) is 0.300. The number of aromatic nitrogens is 1. The highest BCUT2D eigenvalue weighted by molar-refractivity contribution is 7.18. The molecule has 25 heavy (non-hydrogen) atoms. The molecule has 0 spiro atoms. The second kappa shape index (κ2) is 7.23. The van der Waals surface area contributed by atoms with Crippen molar-refractivity contribution in [2.75, 3.05) is 14.2 Å². The van der Waals surface area contributed by atoms with Crippen LogP contribution in [0.3, 0.4) is 0 Å². The molecule has 0 fully saturated rings. The quantitative estimate of drug-likeness (QED) is 0.683. The number of thiazole rings is 1. The summed E-state index contributed by atoms with van der Waals surface area (Å²) in [6.45, 7) is 4.03. The van der Waals surface area contributed by atoms with Crippen LogP contribution in [-0.4, -0.2) is 29.9 Å². The molecule has 3 aromatic rings. The van der Waals surface area contributed by atoms with Crippen LogP contribution in [0.1, 0.15) is 29.1 Å². The summed E-state index contributed by atoms with van der Waals surface area (Å²) in [5.74, 6) is 0.802. The van der Waals surface area contributed by atoms with E-state index in [2.05, 4.69) is 11.1 Å². The number of aryl methyl sites for hydroxylation is 1. The second-order valence-corrected chi connectivity index (χ2v) is 7.25. The highest BCUT2D eigenvalue weighted by atomic mass is 32.1. The summed E-state index contributed by atoms with van der Waals surface area (Å²) in [7, 11) is 3.47. The summed E-state index contributed by atoms with van der Waals surface area (Å²) < 4.78 is 6.53. The van der Waals surface area contributed by atoms with Crippen molar-refractivity contribution in [1.29, 1.82) is 0 Å². The van der Waals surface area contributed by atoms with E-state index < -0.39 is 0 Å². The number of nitrogens with zero attached hydrogens (tertiary/aromatic N) is 2. The molecule has 1 heterocycles. The molecule has 0 saturated carbocycles. The fourth-order valence-electron chi connectivity index (χ4n) is 2.78. The Morgan fingerprint density at radius 1 is 1.28 bits per heavy atom. The molecule has 4 nitrogen and oxygen atoms in total. The van der Waals surface area contributed by atoms with Gasteiger partial charge in [0, 0.05) is 12.6 Å². The predicted octanol–water partition coefficient (Wildman–Crippen LogP) is 4.38. The van der Waals surface area contributed by atoms with Gasteiger partial charge in [0.2, 0.25) is 5.91 Å². The zero-order valence-corrected chi connectivity index (χ0v) is 15.8. The van der Waals surface area contributed by atoms with Crippen molar-refractivity contribution in [3.8, 4) is 5.75 Å². The van der Waals surface area contributed by atoms with Crippen LogP contribution in [0.25, 0.3) is 10.2 Å². The van der Waals surface area contributed by atoms with Gasteiger partial charge in [-0.25, -0.2) is 4.98 Å². The average Bonchev–Trinajstić information content (AvgIpc) is 3.04. The summed E-state index contributed by atoms with van der Waals surface area (Å²) in [6.07, 6.45) is 0.316. The molecular weight excluding hydrogens is 332 g/mol.